The van der Waals surface area contributed by atoms with Gasteiger partial charge in [0, 0.05) is 69.7 Å². The third-order valence-electron chi connectivity index (χ3n) is 6.89. The summed E-state index contributed by atoms with van der Waals surface area (Å²) in [5.41, 5.74) is 4.45. The van der Waals surface area contributed by atoms with Gasteiger partial charge in [-0.25, -0.2) is 14.4 Å². The maximum atomic E-state index is 13.2. The monoisotopic (exact) mass is 493 g/mol. The molecule has 2 aromatic carbocycles. The Bertz CT molecular complexity index is 1170. The lowest BCUT2D eigenvalue weighted by Gasteiger charge is -2.36. The fourth-order valence-corrected chi connectivity index (χ4v) is 4.95. The van der Waals surface area contributed by atoms with Crippen LogP contribution in [0, 0.1) is 5.82 Å². The van der Waals surface area contributed by atoms with Crippen LogP contribution in [0.4, 0.5) is 16.0 Å². The molecule has 0 unspecified atom stereocenters. The molecule has 1 saturated heterocycles. The van der Waals surface area contributed by atoms with Crippen LogP contribution in [0.15, 0.2) is 42.6 Å². The molecule has 2 aliphatic heterocycles. The van der Waals surface area contributed by atoms with Crippen LogP contribution in [0.2, 0.25) is 0 Å². The molecular weight excluding hydrogens is 461 g/mol. The number of hydrogen-bond donors (Lipinski definition) is 0. The third-order valence-corrected chi connectivity index (χ3v) is 6.89. The zero-order chi connectivity index (χ0) is 25.1. The highest BCUT2D eigenvalue weighted by Crippen LogP contribution is 2.38. The summed E-state index contributed by atoms with van der Waals surface area (Å²) in [6, 6.07) is 10.7. The Morgan fingerprint density at radius 3 is 2.17 bits per heavy atom. The van der Waals surface area contributed by atoms with Gasteiger partial charge in [0.15, 0.2) is 11.5 Å². The van der Waals surface area contributed by atoms with E-state index in [-0.39, 0.29) is 5.82 Å². The van der Waals surface area contributed by atoms with Crippen molar-refractivity contribution in [2.24, 2.45) is 0 Å². The van der Waals surface area contributed by atoms with Crippen LogP contribution in [0.1, 0.15) is 16.8 Å². The van der Waals surface area contributed by atoms with Gasteiger partial charge in [-0.05, 0) is 42.0 Å². The molecule has 0 radical (unpaired) electrons. The van der Waals surface area contributed by atoms with Crippen molar-refractivity contribution in [2.45, 2.75) is 19.5 Å². The van der Waals surface area contributed by atoms with Crippen LogP contribution >= 0.6 is 0 Å². The van der Waals surface area contributed by atoms with Crippen LogP contribution in [-0.2, 0) is 19.5 Å². The second-order valence-electron chi connectivity index (χ2n) is 9.09. The highest BCUT2D eigenvalue weighted by atomic mass is 19.1. The molecule has 5 rings (SSSR count). The van der Waals surface area contributed by atoms with Gasteiger partial charge in [-0.1, -0.05) is 0 Å². The number of halogens is 1. The molecule has 3 heterocycles. The van der Waals surface area contributed by atoms with Crippen molar-refractivity contribution in [3.8, 4) is 17.2 Å². The lowest BCUT2D eigenvalue weighted by molar-refractivity contribution is 0.241. The zero-order valence-corrected chi connectivity index (χ0v) is 21.0. The molecule has 0 atom stereocenters. The Morgan fingerprint density at radius 2 is 1.53 bits per heavy atom. The van der Waals surface area contributed by atoms with Crippen molar-refractivity contribution in [2.75, 3.05) is 63.9 Å². The van der Waals surface area contributed by atoms with Crippen molar-refractivity contribution in [1.82, 2.24) is 14.9 Å². The quantitative estimate of drug-likeness (QED) is 0.496. The Hall–Kier alpha value is -3.59. The van der Waals surface area contributed by atoms with Gasteiger partial charge in [-0.2, -0.15) is 0 Å². The van der Waals surface area contributed by atoms with Gasteiger partial charge >= 0.3 is 0 Å². The minimum absolute atomic E-state index is 0.207. The summed E-state index contributed by atoms with van der Waals surface area (Å²) in [5.74, 6) is 2.52. The maximum Gasteiger partial charge on any atom is 0.225 e. The molecule has 36 heavy (non-hydrogen) atoms. The molecule has 0 N–H and O–H groups in total. The molecule has 2 aliphatic rings. The zero-order valence-electron chi connectivity index (χ0n) is 21.0. The average Bonchev–Trinajstić information content (AvgIpc) is 2.92. The molecule has 190 valence electrons. The summed E-state index contributed by atoms with van der Waals surface area (Å²) in [4.78, 5) is 16.5. The number of piperazine rings is 1. The molecule has 0 spiro atoms. The van der Waals surface area contributed by atoms with Gasteiger partial charge in [0.1, 0.15) is 5.82 Å². The predicted octanol–water partition coefficient (Wildman–Crippen LogP) is 3.53. The van der Waals surface area contributed by atoms with E-state index >= 15 is 0 Å². The van der Waals surface area contributed by atoms with Crippen LogP contribution in [0.25, 0.3) is 0 Å². The number of benzene rings is 2. The molecule has 1 fully saturated rings. The average molecular weight is 494 g/mol. The summed E-state index contributed by atoms with van der Waals surface area (Å²) < 4.78 is 29.7. The number of hydrogen-bond acceptors (Lipinski definition) is 8. The van der Waals surface area contributed by atoms with E-state index in [1.165, 1.54) is 17.7 Å². The molecule has 0 amide bonds. The summed E-state index contributed by atoms with van der Waals surface area (Å²) >= 11 is 0. The van der Waals surface area contributed by atoms with E-state index in [1.54, 1.807) is 21.3 Å². The number of fused-ring (bicyclic) bond motifs is 1. The Balaban J connectivity index is 1.22. The second-order valence-corrected chi connectivity index (χ2v) is 9.09. The Morgan fingerprint density at radius 1 is 0.861 bits per heavy atom. The van der Waals surface area contributed by atoms with E-state index in [2.05, 4.69) is 14.7 Å². The molecule has 1 aromatic heterocycles. The molecule has 3 aromatic rings. The van der Waals surface area contributed by atoms with Crippen LogP contribution in [-0.4, -0.2) is 68.9 Å². The number of aromatic nitrogens is 2. The van der Waals surface area contributed by atoms with Crippen molar-refractivity contribution in [1.29, 1.82) is 0 Å². The number of anilines is 2. The SMILES string of the molecule is COc1cc(CN2CCc3nc(N4CCN(c5ccc(F)cc5)CC4)ncc3C2)cc(OC)c1OC. The molecule has 0 saturated carbocycles. The van der Waals surface area contributed by atoms with Gasteiger partial charge in [-0.15, -0.1) is 0 Å². The fourth-order valence-electron chi connectivity index (χ4n) is 4.95. The van der Waals surface area contributed by atoms with E-state index in [4.69, 9.17) is 24.2 Å². The van der Waals surface area contributed by atoms with Crippen LogP contribution in [0.5, 0.6) is 17.2 Å². The van der Waals surface area contributed by atoms with E-state index in [0.717, 1.165) is 75.1 Å². The topological polar surface area (TPSA) is 63.2 Å². The van der Waals surface area contributed by atoms with Gasteiger partial charge in [0.25, 0.3) is 0 Å². The van der Waals surface area contributed by atoms with Crippen molar-refractivity contribution in [3.63, 3.8) is 0 Å². The number of methoxy groups -OCH3 is 3. The normalized spacial score (nSPS) is 16.0. The lowest BCUT2D eigenvalue weighted by atomic mass is 10.1. The molecular formula is C27H32FN5O3. The number of nitrogens with zero attached hydrogens (tertiary/aromatic N) is 5. The summed E-state index contributed by atoms with van der Waals surface area (Å²) in [6.07, 6.45) is 2.86. The van der Waals surface area contributed by atoms with Gasteiger partial charge in [-0.3, -0.25) is 4.90 Å². The first kappa shape index (κ1) is 24.1. The van der Waals surface area contributed by atoms with Crippen molar-refractivity contribution < 1.29 is 18.6 Å². The Labute approximate surface area is 211 Å². The summed E-state index contributed by atoms with van der Waals surface area (Å²) in [6.45, 7) is 5.86. The smallest absolute Gasteiger partial charge is 0.225 e. The first-order chi connectivity index (χ1) is 17.6. The molecule has 9 heteroatoms. The van der Waals surface area contributed by atoms with Gasteiger partial charge < -0.3 is 24.0 Å². The lowest BCUT2D eigenvalue weighted by Crippen LogP contribution is -2.47. The molecule has 8 nitrogen and oxygen atoms in total. The van der Waals surface area contributed by atoms with E-state index in [0.29, 0.717) is 17.2 Å². The minimum atomic E-state index is -0.207. The van der Waals surface area contributed by atoms with Crippen LogP contribution in [0.3, 0.4) is 0 Å². The van der Waals surface area contributed by atoms with E-state index in [9.17, 15) is 4.39 Å². The first-order valence-electron chi connectivity index (χ1n) is 12.2. The number of rotatable bonds is 7. The molecule has 0 aliphatic carbocycles. The van der Waals surface area contributed by atoms with Gasteiger partial charge in [0.05, 0.1) is 27.0 Å². The highest BCUT2D eigenvalue weighted by Gasteiger charge is 2.24. The van der Waals surface area contributed by atoms with Crippen molar-refractivity contribution in [3.05, 3.63) is 65.2 Å². The maximum absolute atomic E-state index is 13.2. The van der Waals surface area contributed by atoms with Gasteiger partial charge in [0.2, 0.25) is 11.7 Å². The molecule has 0 bridgehead atoms. The van der Waals surface area contributed by atoms with E-state index in [1.807, 2.05) is 30.5 Å². The van der Waals surface area contributed by atoms with Crippen LogP contribution < -0.4 is 24.0 Å². The fraction of sp³-hybridized carbons (Fsp3) is 0.407. The highest BCUT2D eigenvalue weighted by molar-refractivity contribution is 5.54. The van der Waals surface area contributed by atoms with E-state index < -0.39 is 0 Å². The summed E-state index contributed by atoms with van der Waals surface area (Å²) in [7, 11) is 4.88. The largest absolute Gasteiger partial charge is 0.493 e. The standard InChI is InChI=1S/C27H32FN5O3/c1-34-24-14-19(15-25(35-2)26(24)36-3)17-31-9-8-23-20(18-31)16-29-27(30-23)33-12-10-32(11-13-33)22-6-4-21(28)5-7-22/h4-7,14-16H,8-13,17-18H2,1-3H3. The third kappa shape index (κ3) is 5.02. The van der Waals surface area contributed by atoms with Crippen molar-refractivity contribution >= 4 is 11.6 Å². The Kier molecular flexibility index (Phi) is 7.09. The first-order valence-corrected chi connectivity index (χ1v) is 12.2. The second kappa shape index (κ2) is 10.6. The minimum Gasteiger partial charge on any atom is -0.493 e. The predicted molar refractivity (Wildman–Crippen MR) is 137 cm³/mol. The summed E-state index contributed by atoms with van der Waals surface area (Å²) in [5, 5.41) is 0. The number of ether oxygens (including phenoxy) is 3.